The minimum absolute atomic E-state index is 0.629. The minimum Gasteiger partial charge on any atom is -0.399 e. The fraction of sp³-hybridized carbons (Fsp3) is 0.0714. The second-order valence-corrected chi connectivity index (χ2v) is 3.46. The van der Waals surface area contributed by atoms with Crippen LogP contribution >= 0.6 is 0 Å². The molecule has 1 aromatic carbocycles. The predicted octanol–water partition coefficient (Wildman–Crippen LogP) is 2.93. The maximum absolute atomic E-state index is 10.5. The number of nitrogens with two attached hydrogens (primary N) is 1. The van der Waals surface area contributed by atoms with E-state index in [0.29, 0.717) is 11.3 Å². The number of carbonyl (C=O) groups is 1. The molecule has 0 atom stereocenters. The Balaban J connectivity index is 2.91. The first-order valence-corrected chi connectivity index (χ1v) is 4.99. The quantitative estimate of drug-likeness (QED) is 0.617. The van der Waals surface area contributed by atoms with Crippen molar-refractivity contribution < 1.29 is 4.79 Å². The molecule has 1 aromatic rings. The molecule has 0 bridgehead atoms. The summed E-state index contributed by atoms with van der Waals surface area (Å²) in [6.07, 6.45) is 6.15. The van der Waals surface area contributed by atoms with Crippen LogP contribution in [0, 0.1) is 0 Å². The van der Waals surface area contributed by atoms with Crippen LogP contribution in [0.1, 0.15) is 22.8 Å². The molecule has 0 saturated carbocycles. The molecule has 0 aliphatic carbocycles. The zero-order valence-corrected chi connectivity index (χ0v) is 9.31. The number of hydrogen-bond acceptors (Lipinski definition) is 2. The van der Waals surface area contributed by atoms with E-state index in [0.717, 1.165) is 17.4 Å². The fourth-order valence-electron chi connectivity index (χ4n) is 1.21. The van der Waals surface area contributed by atoms with E-state index in [4.69, 9.17) is 5.73 Å². The van der Waals surface area contributed by atoms with Gasteiger partial charge in [0, 0.05) is 11.3 Å². The van der Waals surface area contributed by atoms with Crippen molar-refractivity contribution >= 4 is 11.9 Å². The molecule has 82 valence electrons. The summed E-state index contributed by atoms with van der Waals surface area (Å²) in [5, 5.41) is 0. The molecule has 16 heavy (non-hydrogen) atoms. The summed E-state index contributed by atoms with van der Waals surface area (Å²) in [6.45, 7) is 5.56. The Bertz CT molecular complexity index is 438. The second-order valence-electron chi connectivity index (χ2n) is 3.46. The van der Waals surface area contributed by atoms with E-state index in [2.05, 4.69) is 6.58 Å². The Hall–Kier alpha value is -2.09. The summed E-state index contributed by atoms with van der Waals surface area (Å²) < 4.78 is 0. The van der Waals surface area contributed by atoms with Crippen LogP contribution in [0.25, 0.3) is 5.57 Å². The van der Waals surface area contributed by atoms with E-state index in [1.807, 2.05) is 25.1 Å². The molecule has 2 N–H and O–H groups in total. The predicted molar refractivity (Wildman–Crippen MR) is 67.9 cm³/mol. The smallest absolute Gasteiger partial charge is 0.150 e. The average molecular weight is 213 g/mol. The highest BCUT2D eigenvalue weighted by Gasteiger charge is 1.94. The largest absolute Gasteiger partial charge is 0.399 e. The third kappa shape index (κ3) is 3.24. The summed E-state index contributed by atoms with van der Waals surface area (Å²) >= 11 is 0. The lowest BCUT2D eigenvalue weighted by molar-refractivity contribution is 0.112. The van der Waals surface area contributed by atoms with Crippen LogP contribution in [-0.2, 0) is 0 Å². The highest BCUT2D eigenvalue weighted by atomic mass is 16.1. The van der Waals surface area contributed by atoms with Crippen molar-refractivity contribution in [3.05, 3.63) is 65.9 Å². The topological polar surface area (TPSA) is 43.1 Å². The van der Waals surface area contributed by atoms with Crippen molar-refractivity contribution in [2.75, 3.05) is 0 Å². The summed E-state index contributed by atoms with van der Waals surface area (Å²) in [5.41, 5.74) is 9.06. The molecule has 0 aliphatic heterocycles. The van der Waals surface area contributed by atoms with Crippen molar-refractivity contribution in [1.29, 1.82) is 0 Å². The van der Waals surface area contributed by atoms with Crippen LogP contribution in [-0.4, -0.2) is 6.29 Å². The van der Waals surface area contributed by atoms with Crippen molar-refractivity contribution in [1.82, 2.24) is 0 Å². The van der Waals surface area contributed by atoms with Gasteiger partial charge in [0.2, 0.25) is 0 Å². The SMILES string of the molecule is C=C/C(N)=C\C=C(/C)c1ccc(C=O)cc1. The molecule has 0 unspecified atom stereocenters. The van der Waals surface area contributed by atoms with E-state index in [1.54, 1.807) is 24.3 Å². The Morgan fingerprint density at radius 3 is 2.38 bits per heavy atom. The van der Waals surface area contributed by atoms with Gasteiger partial charge in [-0.15, -0.1) is 0 Å². The zero-order valence-electron chi connectivity index (χ0n) is 9.31. The van der Waals surface area contributed by atoms with Gasteiger partial charge < -0.3 is 5.73 Å². The van der Waals surface area contributed by atoms with Gasteiger partial charge in [0.05, 0.1) is 0 Å². The van der Waals surface area contributed by atoms with Crippen LogP contribution in [0.15, 0.2) is 54.8 Å². The van der Waals surface area contributed by atoms with Gasteiger partial charge in [-0.25, -0.2) is 0 Å². The zero-order chi connectivity index (χ0) is 12.0. The first-order chi connectivity index (χ1) is 7.67. The third-order valence-electron chi connectivity index (χ3n) is 2.26. The first kappa shape index (κ1) is 12.0. The van der Waals surface area contributed by atoms with Gasteiger partial charge in [-0.3, -0.25) is 4.79 Å². The summed E-state index contributed by atoms with van der Waals surface area (Å²) in [7, 11) is 0. The normalized spacial score (nSPS) is 12.3. The maximum Gasteiger partial charge on any atom is 0.150 e. The Morgan fingerprint density at radius 1 is 1.25 bits per heavy atom. The Kier molecular flexibility index (Phi) is 4.28. The number of rotatable bonds is 4. The third-order valence-corrected chi connectivity index (χ3v) is 2.26. The van der Waals surface area contributed by atoms with Crippen molar-refractivity contribution in [2.24, 2.45) is 5.73 Å². The van der Waals surface area contributed by atoms with Crippen LogP contribution in [0.3, 0.4) is 0 Å². The Morgan fingerprint density at radius 2 is 1.88 bits per heavy atom. The van der Waals surface area contributed by atoms with Gasteiger partial charge in [0.15, 0.2) is 0 Å². The van der Waals surface area contributed by atoms with Crippen molar-refractivity contribution in [3.63, 3.8) is 0 Å². The van der Waals surface area contributed by atoms with Gasteiger partial charge in [-0.1, -0.05) is 36.9 Å². The number of aldehydes is 1. The molecule has 0 aromatic heterocycles. The number of carbonyl (C=O) groups excluding carboxylic acids is 1. The highest BCUT2D eigenvalue weighted by molar-refractivity contribution is 5.76. The molecule has 0 saturated heterocycles. The molecular weight excluding hydrogens is 198 g/mol. The summed E-state index contributed by atoms with van der Waals surface area (Å²) in [5.74, 6) is 0. The first-order valence-electron chi connectivity index (χ1n) is 4.99. The lowest BCUT2D eigenvalue weighted by Crippen LogP contribution is -1.90. The lowest BCUT2D eigenvalue weighted by Gasteiger charge is -2.00. The molecule has 0 fully saturated rings. The molecule has 0 amide bonds. The molecule has 0 spiro atoms. The summed E-state index contributed by atoms with van der Waals surface area (Å²) in [4.78, 5) is 10.5. The van der Waals surface area contributed by atoms with Crippen molar-refractivity contribution in [3.8, 4) is 0 Å². The van der Waals surface area contributed by atoms with Gasteiger partial charge in [0.25, 0.3) is 0 Å². The molecule has 0 radical (unpaired) electrons. The van der Waals surface area contributed by atoms with E-state index < -0.39 is 0 Å². The van der Waals surface area contributed by atoms with Crippen LogP contribution < -0.4 is 5.73 Å². The molecule has 0 aliphatic rings. The second kappa shape index (κ2) is 5.71. The maximum atomic E-state index is 10.5. The van der Waals surface area contributed by atoms with E-state index in [9.17, 15) is 4.79 Å². The lowest BCUT2D eigenvalue weighted by atomic mass is 10.1. The molecule has 2 heteroatoms. The number of benzene rings is 1. The van der Waals surface area contributed by atoms with E-state index >= 15 is 0 Å². The molecule has 2 nitrogen and oxygen atoms in total. The fourth-order valence-corrected chi connectivity index (χ4v) is 1.21. The number of allylic oxidation sites excluding steroid dienone is 4. The monoisotopic (exact) mass is 213 g/mol. The van der Waals surface area contributed by atoms with E-state index in [1.165, 1.54) is 0 Å². The molecular formula is C14H15NO. The standard InChI is InChI=1S/C14H15NO/c1-3-14(15)9-4-11(2)13-7-5-12(10-16)6-8-13/h3-10H,1,15H2,2H3/b11-4+,14-9+. The average Bonchev–Trinajstić information content (AvgIpc) is 2.35. The number of hydrogen-bond donors (Lipinski definition) is 1. The van der Waals surface area contributed by atoms with Crippen LogP contribution in [0.2, 0.25) is 0 Å². The van der Waals surface area contributed by atoms with Gasteiger partial charge in [-0.05, 0) is 30.2 Å². The van der Waals surface area contributed by atoms with Gasteiger partial charge in [-0.2, -0.15) is 0 Å². The summed E-state index contributed by atoms with van der Waals surface area (Å²) in [6, 6.07) is 7.40. The van der Waals surface area contributed by atoms with Gasteiger partial charge >= 0.3 is 0 Å². The molecule has 0 heterocycles. The van der Waals surface area contributed by atoms with E-state index in [-0.39, 0.29) is 0 Å². The van der Waals surface area contributed by atoms with Crippen LogP contribution in [0.5, 0.6) is 0 Å². The Labute approximate surface area is 95.8 Å². The highest BCUT2D eigenvalue weighted by Crippen LogP contribution is 2.14. The molecule has 1 rings (SSSR count). The van der Waals surface area contributed by atoms with Gasteiger partial charge in [0.1, 0.15) is 6.29 Å². The van der Waals surface area contributed by atoms with Crippen LogP contribution in [0.4, 0.5) is 0 Å². The minimum atomic E-state index is 0.629. The van der Waals surface area contributed by atoms with Crippen molar-refractivity contribution in [2.45, 2.75) is 6.92 Å².